The molecule has 0 aliphatic carbocycles. The first-order valence-electron chi connectivity index (χ1n) is 10.5. The Morgan fingerprint density at radius 2 is 1.89 bits per heavy atom. The molecule has 0 saturated heterocycles. The maximum absolute atomic E-state index is 13.2. The van der Waals surface area contributed by atoms with E-state index >= 15 is 0 Å². The number of carbonyl (C=O) groups excluding carboxylic acids is 2. The second-order valence-corrected chi connectivity index (χ2v) is 8.75. The Labute approximate surface area is 204 Å². The average Bonchev–Trinajstić information content (AvgIpc) is 3.45. The van der Waals surface area contributed by atoms with E-state index in [1.807, 2.05) is 30.3 Å². The summed E-state index contributed by atoms with van der Waals surface area (Å²) in [6.45, 7) is 0. The van der Waals surface area contributed by atoms with E-state index < -0.39 is 10.9 Å². The first-order valence-corrected chi connectivity index (χ1v) is 11.3. The predicted octanol–water partition coefficient (Wildman–Crippen LogP) is 5.56. The van der Waals surface area contributed by atoms with Gasteiger partial charge in [-0.25, -0.2) is 9.48 Å². The van der Waals surface area contributed by atoms with Crippen molar-refractivity contribution in [2.75, 3.05) is 7.11 Å². The van der Waals surface area contributed by atoms with Crippen LogP contribution in [0.25, 0.3) is 23.0 Å². The zero-order valence-corrected chi connectivity index (χ0v) is 19.2. The highest BCUT2D eigenvalue weighted by Crippen LogP contribution is 2.42. The smallest absolute Gasteiger partial charge is 0.337 e. The van der Waals surface area contributed by atoms with Gasteiger partial charge in [0.05, 0.1) is 28.2 Å². The fourth-order valence-electron chi connectivity index (χ4n) is 3.77. The molecule has 1 aliphatic heterocycles. The van der Waals surface area contributed by atoms with Gasteiger partial charge < -0.3 is 4.74 Å². The number of nitrogens with zero attached hydrogens (tertiary/aromatic N) is 3. The second-order valence-electron chi connectivity index (χ2n) is 7.66. The number of nitro benzene ring substituents is 1. The number of nitro groups is 1. The largest absolute Gasteiger partial charge is 0.465 e. The van der Waals surface area contributed by atoms with E-state index in [1.165, 1.54) is 37.1 Å². The summed E-state index contributed by atoms with van der Waals surface area (Å²) in [4.78, 5) is 37.1. The predicted molar refractivity (Wildman–Crippen MR) is 132 cm³/mol. The number of carbonyl (C=O) groups is 2. The normalized spacial score (nSPS) is 13.6. The SMILES string of the molecule is COC(=O)c1ccc2c(c1)C(=O)/C(=C/c1cn(-c3ccccc3)nc1-c1cccc([N+](=O)[O-])c1)S2. The molecule has 9 heteroatoms. The Kier molecular flexibility index (Phi) is 5.76. The molecule has 0 atom stereocenters. The summed E-state index contributed by atoms with van der Waals surface area (Å²) in [5, 5.41) is 16.0. The maximum atomic E-state index is 13.2. The van der Waals surface area contributed by atoms with Crippen molar-refractivity contribution < 1.29 is 19.2 Å². The van der Waals surface area contributed by atoms with E-state index in [-0.39, 0.29) is 11.5 Å². The van der Waals surface area contributed by atoms with Gasteiger partial charge in [0, 0.05) is 39.9 Å². The van der Waals surface area contributed by atoms with Crippen molar-refractivity contribution in [3.8, 4) is 16.9 Å². The molecule has 0 bridgehead atoms. The average molecular weight is 484 g/mol. The van der Waals surface area contributed by atoms with Gasteiger partial charge in [0.25, 0.3) is 5.69 Å². The number of benzene rings is 3. The molecule has 0 spiro atoms. The fraction of sp³-hybridized carbons (Fsp3) is 0.0385. The number of ketones is 1. The van der Waals surface area contributed by atoms with Gasteiger partial charge in [-0.05, 0) is 36.4 Å². The topological polar surface area (TPSA) is 104 Å². The zero-order chi connectivity index (χ0) is 24.5. The molecule has 0 fully saturated rings. The van der Waals surface area contributed by atoms with Crippen LogP contribution in [0.3, 0.4) is 0 Å². The van der Waals surface area contributed by atoms with Crippen molar-refractivity contribution in [3.05, 3.63) is 111 Å². The fourth-order valence-corrected chi connectivity index (χ4v) is 4.80. The lowest BCUT2D eigenvalue weighted by Gasteiger charge is -2.01. The van der Waals surface area contributed by atoms with Gasteiger partial charge in [0.15, 0.2) is 0 Å². The van der Waals surface area contributed by atoms with Gasteiger partial charge in [-0.1, -0.05) is 42.1 Å². The summed E-state index contributed by atoms with van der Waals surface area (Å²) in [7, 11) is 1.29. The van der Waals surface area contributed by atoms with Crippen LogP contribution in [-0.4, -0.2) is 33.6 Å². The molecule has 0 N–H and O–H groups in total. The van der Waals surface area contributed by atoms with E-state index in [4.69, 9.17) is 4.74 Å². The van der Waals surface area contributed by atoms with Crippen molar-refractivity contribution in [1.29, 1.82) is 0 Å². The highest BCUT2D eigenvalue weighted by Gasteiger charge is 2.28. The number of fused-ring (bicyclic) bond motifs is 1. The number of thioether (sulfide) groups is 1. The molecule has 0 amide bonds. The lowest BCUT2D eigenvalue weighted by Crippen LogP contribution is -2.03. The molecule has 0 radical (unpaired) electrons. The minimum atomic E-state index is -0.514. The van der Waals surface area contributed by atoms with Gasteiger partial charge >= 0.3 is 5.97 Å². The minimum Gasteiger partial charge on any atom is -0.465 e. The van der Waals surface area contributed by atoms with Gasteiger partial charge in [0.1, 0.15) is 5.69 Å². The van der Waals surface area contributed by atoms with E-state index in [1.54, 1.807) is 41.2 Å². The summed E-state index contributed by atoms with van der Waals surface area (Å²) >= 11 is 1.30. The standard InChI is InChI=1S/C26H17N3O5S/c1-34-26(31)17-10-11-22-21(13-17)25(30)23(35-22)14-18-15-28(19-7-3-2-4-8-19)27-24(18)16-6-5-9-20(12-16)29(32)33/h2-15H,1H3/b23-14-. The lowest BCUT2D eigenvalue weighted by molar-refractivity contribution is -0.384. The van der Waals surface area contributed by atoms with Gasteiger partial charge in [-0.3, -0.25) is 14.9 Å². The van der Waals surface area contributed by atoms with Gasteiger partial charge in [-0.2, -0.15) is 5.10 Å². The van der Waals surface area contributed by atoms with Crippen molar-refractivity contribution in [3.63, 3.8) is 0 Å². The Bertz CT molecular complexity index is 1530. The molecule has 8 nitrogen and oxygen atoms in total. The molecular formula is C26H17N3O5S. The number of hydrogen-bond acceptors (Lipinski definition) is 7. The molecular weight excluding hydrogens is 466 g/mol. The van der Waals surface area contributed by atoms with Crippen molar-refractivity contribution in [2.24, 2.45) is 0 Å². The minimum absolute atomic E-state index is 0.0515. The maximum Gasteiger partial charge on any atom is 0.337 e. The zero-order valence-electron chi connectivity index (χ0n) is 18.4. The molecule has 3 aromatic carbocycles. The summed E-state index contributed by atoms with van der Waals surface area (Å²) in [5.74, 6) is -0.728. The molecule has 35 heavy (non-hydrogen) atoms. The Hall–Kier alpha value is -4.50. The number of aromatic nitrogens is 2. The van der Waals surface area contributed by atoms with Crippen LogP contribution in [0, 0.1) is 10.1 Å². The first-order chi connectivity index (χ1) is 16.9. The van der Waals surface area contributed by atoms with Crippen molar-refractivity contribution in [2.45, 2.75) is 4.90 Å². The van der Waals surface area contributed by atoms with Gasteiger partial charge in [-0.15, -0.1) is 0 Å². The highest BCUT2D eigenvalue weighted by atomic mass is 32.2. The van der Waals surface area contributed by atoms with Crippen LogP contribution in [0.1, 0.15) is 26.3 Å². The van der Waals surface area contributed by atoms with E-state index in [0.717, 1.165) is 10.6 Å². The number of esters is 1. The first kappa shape index (κ1) is 22.3. The monoisotopic (exact) mass is 483 g/mol. The summed E-state index contributed by atoms with van der Waals surface area (Å²) in [6.07, 6.45) is 3.51. The molecule has 2 heterocycles. The number of allylic oxidation sites excluding steroid dienone is 1. The summed E-state index contributed by atoms with van der Waals surface area (Å²) in [6, 6.07) is 20.5. The number of hydrogen-bond donors (Lipinski definition) is 0. The van der Waals surface area contributed by atoms with Crippen LogP contribution in [0.15, 0.2) is 88.8 Å². The Morgan fingerprint density at radius 3 is 2.63 bits per heavy atom. The number of non-ortho nitro benzene ring substituents is 1. The lowest BCUT2D eigenvalue weighted by atomic mass is 10.0. The Morgan fingerprint density at radius 1 is 1.09 bits per heavy atom. The molecule has 4 aromatic rings. The van der Waals surface area contributed by atoms with Crippen LogP contribution >= 0.6 is 11.8 Å². The number of rotatable bonds is 5. The van der Waals surface area contributed by atoms with Gasteiger partial charge in [0.2, 0.25) is 5.78 Å². The third-order valence-electron chi connectivity index (χ3n) is 5.47. The number of ether oxygens (including phenoxy) is 1. The molecule has 0 unspecified atom stereocenters. The quantitative estimate of drug-likeness (QED) is 0.158. The van der Waals surface area contributed by atoms with Crippen LogP contribution in [0.5, 0.6) is 0 Å². The third kappa shape index (κ3) is 4.24. The molecule has 1 aliphatic rings. The summed E-state index contributed by atoms with van der Waals surface area (Å²) in [5.41, 5.74) is 3.18. The number of methoxy groups -OCH3 is 1. The Balaban J connectivity index is 1.60. The molecule has 1 aromatic heterocycles. The van der Waals surface area contributed by atoms with E-state index in [9.17, 15) is 19.7 Å². The van der Waals surface area contributed by atoms with Crippen LogP contribution in [0.2, 0.25) is 0 Å². The molecule has 172 valence electrons. The second kappa shape index (κ2) is 9.03. The van der Waals surface area contributed by atoms with Crippen LogP contribution < -0.4 is 0 Å². The van der Waals surface area contributed by atoms with Crippen LogP contribution in [-0.2, 0) is 4.74 Å². The van der Waals surface area contributed by atoms with Crippen molar-refractivity contribution >= 4 is 35.3 Å². The highest BCUT2D eigenvalue weighted by molar-refractivity contribution is 8.04. The number of para-hydroxylation sites is 1. The molecule has 0 saturated carbocycles. The van der Waals surface area contributed by atoms with Crippen molar-refractivity contribution in [1.82, 2.24) is 9.78 Å². The summed E-state index contributed by atoms with van der Waals surface area (Å²) < 4.78 is 6.43. The van der Waals surface area contributed by atoms with E-state index in [2.05, 4.69) is 5.10 Å². The van der Waals surface area contributed by atoms with E-state index in [0.29, 0.717) is 32.9 Å². The molecule has 5 rings (SSSR count). The number of Topliss-reactive ketones (excluding diaryl/α,β-unsaturated/α-hetero) is 1. The third-order valence-corrected chi connectivity index (χ3v) is 6.57. The van der Waals surface area contributed by atoms with Crippen LogP contribution in [0.4, 0.5) is 5.69 Å².